The first kappa shape index (κ1) is 17.2. The molecule has 1 aliphatic rings. The molecule has 1 aromatic carbocycles. The van der Waals surface area contributed by atoms with Crippen LogP contribution in [-0.4, -0.2) is 40.5 Å². The van der Waals surface area contributed by atoms with Crippen molar-refractivity contribution in [1.29, 1.82) is 0 Å². The Balaban J connectivity index is 1.87. The summed E-state index contributed by atoms with van der Waals surface area (Å²) in [6.45, 7) is 8.21. The molecule has 4 nitrogen and oxygen atoms in total. The summed E-state index contributed by atoms with van der Waals surface area (Å²) in [4.78, 5) is 15.2. The Labute approximate surface area is 137 Å². The second-order valence-corrected chi connectivity index (χ2v) is 8.68. The summed E-state index contributed by atoms with van der Waals surface area (Å²) in [7, 11) is 0. The van der Waals surface area contributed by atoms with Crippen molar-refractivity contribution in [3.8, 4) is 0 Å². The summed E-state index contributed by atoms with van der Waals surface area (Å²) in [6, 6.07) is 7.94. The van der Waals surface area contributed by atoms with Crippen LogP contribution in [0.5, 0.6) is 0 Å². The zero-order valence-electron chi connectivity index (χ0n) is 13.6. The first-order valence-corrected chi connectivity index (χ1v) is 8.65. The molecule has 1 aliphatic heterocycles. The molecule has 22 heavy (non-hydrogen) atoms. The topological polar surface area (TPSA) is 52.6 Å². The fraction of sp³-hybridized carbons (Fsp3) is 0.588. The Kier molecular flexibility index (Phi) is 5.75. The molecule has 2 rings (SSSR count). The number of amides is 2. The highest BCUT2D eigenvalue weighted by Crippen LogP contribution is 2.32. The number of nitrogens with one attached hydrogen (secondary N) is 1. The van der Waals surface area contributed by atoms with Crippen LogP contribution >= 0.6 is 11.8 Å². The zero-order valence-corrected chi connectivity index (χ0v) is 14.4. The van der Waals surface area contributed by atoms with Crippen LogP contribution in [0.1, 0.15) is 33.6 Å². The summed E-state index contributed by atoms with van der Waals surface area (Å²) in [6.07, 6.45) is 1.76. The number of rotatable bonds is 3. The highest BCUT2D eigenvalue weighted by molar-refractivity contribution is 8.00. The highest BCUT2D eigenvalue weighted by atomic mass is 32.2. The number of likely N-dealkylation sites (tertiary alicyclic amines) is 1. The summed E-state index contributed by atoms with van der Waals surface area (Å²) < 4.78 is 0.182. The van der Waals surface area contributed by atoms with Crippen molar-refractivity contribution in [3.63, 3.8) is 0 Å². The molecule has 0 aliphatic carbocycles. The largest absolute Gasteiger partial charge is 0.396 e. The Morgan fingerprint density at radius 2 is 1.86 bits per heavy atom. The van der Waals surface area contributed by atoms with Gasteiger partial charge in [0.25, 0.3) is 0 Å². The number of anilines is 1. The van der Waals surface area contributed by atoms with Crippen molar-refractivity contribution in [2.75, 3.05) is 25.0 Å². The number of urea groups is 1. The standard InChI is InChI=1S/C17H26N2O2S/c1-17(2,3)22-15-6-4-14(5-7-15)18-16(21)19-10-8-13(12-20)9-11-19/h4-7,13,20H,8-12H2,1-3H3,(H,18,21). The van der Waals surface area contributed by atoms with Gasteiger partial charge in [-0.2, -0.15) is 0 Å². The summed E-state index contributed by atoms with van der Waals surface area (Å²) in [5.41, 5.74) is 0.826. The quantitative estimate of drug-likeness (QED) is 0.832. The van der Waals surface area contributed by atoms with Gasteiger partial charge in [0.05, 0.1) is 0 Å². The highest BCUT2D eigenvalue weighted by Gasteiger charge is 2.22. The van der Waals surface area contributed by atoms with E-state index in [0.717, 1.165) is 31.6 Å². The first-order valence-electron chi connectivity index (χ1n) is 7.83. The normalized spacial score (nSPS) is 16.6. The zero-order chi connectivity index (χ0) is 16.2. The van der Waals surface area contributed by atoms with E-state index in [1.54, 1.807) is 0 Å². The van der Waals surface area contributed by atoms with Crippen LogP contribution in [0.2, 0.25) is 0 Å². The number of nitrogens with zero attached hydrogens (tertiary/aromatic N) is 1. The Morgan fingerprint density at radius 3 is 2.36 bits per heavy atom. The van der Waals surface area contributed by atoms with Gasteiger partial charge in [-0.3, -0.25) is 0 Å². The monoisotopic (exact) mass is 322 g/mol. The fourth-order valence-corrected chi connectivity index (χ4v) is 3.46. The molecule has 0 unspecified atom stereocenters. The van der Waals surface area contributed by atoms with Gasteiger partial charge in [-0.05, 0) is 43.0 Å². The fourth-order valence-electron chi connectivity index (χ4n) is 2.48. The molecule has 0 spiro atoms. The number of carbonyl (C=O) groups is 1. The molecule has 0 atom stereocenters. The summed E-state index contributed by atoms with van der Waals surface area (Å²) >= 11 is 1.81. The second-order valence-electron chi connectivity index (χ2n) is 6.78. The van der Waals surface area contributed by atoms with Crippen LogP contribution in [0.3, 0.4) is 0 Å². The van der Waals surface area contributed by atoms with Crippen LogP contribution in [0, 0.1) is 5.92 Å². The van der Waals surface area contributed by atoms with E-state index >= 15 is 0 Å². The van der Waals surface area contributed by atoms with Crippen molar-refractivity contribution >= 4 is 23.5 Å². The van der Waals surface area contributed by atoms with E-state index in [1.807, 2.05) is 40.9 Å². The molecule has 0 aromatic heterocycles. The van der Waals surface area contributed by atoms with Gasteiger partial charge in [0.1, 0.15) is 0 Å². The van der Waals surface area contributed by atoms with Gasteiger partial charge in [-0.1, -0.05) is 20.8 Å². The van der Waals surface area contributed by atoms with Crippen molar-refractivity contribution < 1.29 is 9.90 Å². The van der Waals surface area contributed by atoms with Gasteiger partial charge < -0.3 is 15.3 Å². The van der Waals surface area contributed by atoms with Gasteiger partial charge in [0.2, 0.25) is 0 Å². The van der Waals surface area contributed by atoms with Crippen molar-refractivity contribution in [2.45, 2.75) is 43.3 Å². The number of hydrogen-bond acceptors (Lipinski definition) is 3. The van der Waals surface area contributed by atoms with Crippen LogP contribution in [0.25, 0.3) is 0 Å². The van der Waals surface area contributed by atoms with Gasteiger partial charge in [0.15, 0.2) is 0 Å². The van der Waals surface area contributed by atoms with Gasteiger partial charge in [-0.25, -0.2) is 4.79 Å². The molecule has 1 saturated heterocycles. The Hall–Kier alpha value is -1.20. The average molecular weight is 322 g/mol. The SMILES string of the molecule is CC(C)(C)Sc1ccc(NC(=O)N2CCC(CO)CC2)cc1. The Bertz CT molecular complexity index is 488. The number of carbonyl (C=O) groups excluding carboxylic acids is 1. The van der Waals surface area contributed by atoms with E-state index in [9.17, 15) is 4.79 Å². The lowest BCUT2D eigenvalue weighted by atomic mass is 9.98. The number of aliphatic hydroxyl groups is 1. The lowest BCUT2D eigenvalue weighted by Gasteiger charge is -2.31. The summed E-state index contributed by atoms with van der Waals surface area (Å²) in [5.74, 6) is 0.345. The van der Waals surface area contributed by atoms with Gasteiger partial charge in [-0.15, -0.1) is 11.8 Å². The maximum absolute atomic E-state index is 12.2. The van der Waals surface area contributed by atoms with Crippen LogP contribution in [0.4, 0.5) is 10.5 Å². The molecule has 0 radical (unpaired) electrons. The number of piperidine rings is 1. The minimum Gasteiger partial charge on any atom is -0.396 e. The Morgan fingerprint density at radius 1 is 1.27 bits per heavy atom. The second kappa shape index (κ2) is 7.38. The van der Waals surface area contributed by atoms with E-state index in [2.05, 4.69) is 26.1 Å². The molecule has 2 N–H and O–H groups in total. The van der Waals surface area contributed by atoms with Crippen LogP contribution in [0.15, 0.2) is 29.2 Å². The van der Waals surface area contributed by atoms with Crippen molar-refractivity contribution in [2.24, 2.45) is 5.92 Å². The molecule has 1 aromatic rings. The first-order chi connectivity index (χ1) is 10.4. The number of thioether (sulfide) groups is 1. The maximum atomic E-state index is 12.2. The molecule has 2 amide bonds. The predicted molar refractivity (Wildman–Crippen MR) is 92.5 cm³/mol. The van der Waals surface area contributed by atoms with E-state index in [1.165, 1.54) is 4.90 Å². The molecule has 5 heteroatoms. The van der Waals surface area contributed by atoms with Crippen LogP contribution in [-0.2, 0) is 0 Å². The lowest BCUT2D eigenvalue weighted by molar-refractivity contribution is 0.143. The lowest BCUT2D eigenvalue weighted by Crippen LogP contribution is -2.41. The molecule has 122 valence electrons. The van der Waals surface area contributed by atoms with Gasteiger partial charge in [0, 0.05) is 35.0 Å². The molecule has 0 saturated carbocycles. The van der Waals surface area contributed by atoms with Crippen molar-refractivity contribution in [1.82, 2.24) is 4.90 Å². The van der Waals surface area contributed by atoms with E-state index in [-0.39, 0.29) is 17.4 Å². The third kappa shape index (κ3) is 5.21. The molecule has 1 fully saturated rings. The molecule has 1 heterocycles. The number of hydrogen-bond donors (Lipinski definition) is 2. The smallest absolute Gasteiger partial charge is 0.321 e. The van der Waals surface area contributed by atoms with Gasteiger partial charge >= 0.3 is 6.03 Å². The van der Waals surface area contributed by atoms with E-state index < -0.39 is 0 Å². The third-order valence-corrected chi connectivity index (χ3v) is 4.81. The van der Waals surface area contributed by atoms with E-state index in [4.69, 9.17) is 5.11 Å². The number of benzene rings is 1. The minimum atomic E-state index is -0.0485. The van der Waals surface area contributed by atoms with E-state index in [0.29, 0.717) is 5.92 Å². The maximum Gasteiger partial charge on any atom is 0.321 e. The molecule has 0 bridgehead atoms. The average Bonchev–Trinajstić information content (AvgIpc) is 2.48. The number of aliphatic hydroxyl groups excluding tert-OH is 1. The minimum absolute atomic E-state index is 0.0485. The predicted octanol–water partition coefficient (Wildman–Crippen LogP) is 3.81. The molecular weight excluding hydrogens is 296 g/mol. The van der Waals surface area contributed by atoms with Crippen LogP contribution < -0.4 is 5.32 Å². The van der Waals surface area contributed by atoms with Crippen molar-refractivity contribution in [3.05, 3.63) is 24.3 Å². The summed E-state index contributed by atoms with van der Waals surface area (Å²) in [5, 5.41) is 12.1. The molecular formula is C17H26N2O2S. The third-order valence-electron chi connectivity index (χ3n) is 3.69.